The van der Waals surface area contributed by atoms with Gasteiger partial charge in [-0.25, -0.2) is 4.79 Å². The van der Waals surface area contributed by atoms with Gasteiger partial charge in [0.1, 0.15) is 0 Å². The first kappa shape index (κ1) is 16.2. The van der Waals surface area contributed by atoms with Gasteiger partial charge in [0.25, 0.3) is 11.6 Å². The van der Waals surface area contributed by atoms with Crippen molar-refractivity contribution >= 4 is 17.6 Å². The van der Waals surface area contributed by atoms with Gasteiger partial charge < -0.3 is 9.84 Å². The Kier molecular flexibility index (Phi) is 4.61. The van der Waals surface area contributed by atoms with Crippen LogP contribution in [0.25, 0.3) is 0 Å². The van der Waals surface area contributed by atoms with Gasteiger partial charge in [-0.3, -0.25) is 4.79 Å². The third kappa shape index (κ3) is 2.87. The zero-order valence-electron chi connectivity index (χ0n) is 13.0. The first-order chi connectivity index (χ1) is 10.4. The molecule has 22 heavy (non-hydrogen) atoms. The third-order valence-corrected chi connectivity index (χ3v) is 3.51. The predicted octanol–water partition coefficient (Wildman–Crippen LogP) is 1.86. The number of rotatable bonds is 4. The third-order valence-electron chi connectivity index (χ3n) is 3.51. The van der Waals surface area contributed by atoms with E-state index in [1.54, 1.807) is 25.1 Å². The Labute approximate surface area is 129 Å². The molecule has 0 aliphatic carbocycles. The lowest BCUT2D eigenvalue weighted by atomic mass is 10.0. The highest BCUT2D eigenvalue weighted by molar-refractivity contribution is 6.03. The fraction of sp³-hybridized carbons (Fsp3) is 0.438. The number of benzene rings is 1. The minimum atomic E-state index is -2.07. The van der Waals surface area contributed by atoms with Crippen LogP contribution in [0.15, 0.2) is 29.4 Å². The van der Waals surface area contributed by atoms with Crippen LogP contribution in [0.5, 0.6) is 0 Å². The van der Waals surface area contributed by atoms with Crippen LogP contribution in [0.4, 0.5) is 0 Å². The molecule has 0 bridgehead atoms. The number of carbonyl (C=O) groups excluding carboxylic acids is 2. The van der Waals surface area contributed by atoms with Crippen LogP contribution in [0.3, 0.4) is 0 Å². The highest BCUT2D eigenvalue weighted by Gasteiger charge is 2.51. The topological polar surface area (TPSA) is 79.2 Å². The Bertz CT molecular complexity index is 626. The molecular weight excluding hydrogens is 284 g/mol. The number of hydrogen-bond donors (Lipinski definition) is 1. The Balaban J connectivity index is 2.37. The van der Waals surface area contributed by atoms with Crippen LogP contribution in [-0.2, 0) is 9.53 Å². The van der Waals surface area contributed by atoms with Crippen molar-refractivity contribution in [3.63, 3.8) is 0 Å². The molecule has 0 saturated carbocycles. The van der Waals surface area contributed by atoms with E-state index in [2.05, 4.69) is 5.10 Å². The molecule has 0 radical (unpaired) electrons. The van der Waals surface area contributed by atoms with E-state index >= 15 is 0 Å². The largest absolute Gasteiger partial charge is 0.462 e. The van der Waals surface area contributed by atoms with E-state index in [-0.39, 0.29) is 13.0 Å². The average molecular weight is 304 g/mol. The quantitative estimate of drug-likeness (QED) is 0.861. The smallest absolute Gasteiger partial charge is 0.362 e. The molecular formula is C16H20N2O4. The Morgan fingerprint density at radius 1 is 1.41 bits per heavy atom. The monoisotopic (exact) mass is 304 g/mol. The van der Waals surface area contributed by atoms with Gasteiger partial charge in [0, 0.05) is 17.7 Å². The summed E-state index contributed by atoms with van der Waals surface area (Å²) in [6, 6.07) is 6.92. The number of nitrogens with zero attached hydrogens (tertiary/aromatic N) is 2. The van der Waals surface area contributed by atoms with Crippen LogP contribution in [-0.4, -0.2) is 40.0 Å². The summed E-state index contributed by atoms with van der Waals surface area (Å²) in [7, 11) is 0. The van der Waals surface area contributed by atoms with Crippen LogP contribution in [0.2, 0.25) is 0 Å². The lowest BCUT2D eigenvalue weighted by molar-refractivity contribution is -0.179. The fourth-order valence-electron chi connectivity index (χ4n) is 2.33. The molecule has 1 amide bonds. The van der Waals surface area contributed by atoms with E-state index in [0.717, 1.165) is 10.6 Å². The molecule has 1 aromatic rings. The summed E-state index contributed by atoms with van der Waals surface area (Å²) < 4.78 is 4.91. The van der Waals surface area contributed by atoms with Crippen molar-refractivity contribution in [1.29, 1.82) is 0 Å². The van der Waals surface area contributed by atoms with Crippen molar-refractivity contribution < 1.29 is 19.4 Å². The van der Waals surface area contributed by atoms with Gasteiger partial charge in [-0.05, 0) is 32.4 Å². The van der Waals surface area contributed by atoms with Crippen molar-refractivity contribution in [2.45, 2.75) is 39.3 Å². The normalized spacial score (nSPS) is 20.7. The van der Waals surface area contributed by atoms with Crippen molar-refractivity contribution in [1.82, 2.24) is 5.01 Å². The number of ether oxygens (including phenoxy) is 1. The maximum absolute atomic E-state index is 12.6. The molecule has 6 nitrogen and oxygen atoms in total. The predicted molar refractivity (Wildman–Crippen MR) is 81.3 cm³/mol. The second-order valence-corrected chi connectivity index (χ2v) is 5.22. The van der Waals surface area contributed by atoms with Gasteiger partial charge in [0.05, 0.1) is 6.61 Å². The van der Waals surface area contributed by atoms with E-state index in [4.69, 9.17) is 4.74 Å². The summed E-state index contributed by atoms with van der Waals surface area (Å²) in [4.78, 5) is 24.7. The maximum atomic E-state index is 12.6. The lowest BCUT2D eigenvalue weighted by Gasteiger charge is -2.28. The molecule has 1 atom stereocenters. The van der Waals surface area contributed by atoms with E-state index in [1.165, 1.54) is 0 Å². The Morgan fingerprint density at radius 3 is 2.73 bits per heavy atom. The molecule has 118 valence electrons. The van der Waals surface area contributed by atoms with Gasteiger partial charge in [0.15, 0.2) is 0 Å². The number of aliphatic hydroxyl groups is 1. The molecule has 2 rings (SSSR count). The second-order valence-electron chi connectivity index (χ2n) is 5.22. The lowest BCUT2D eigenvalue weighted by Crippen LogP contribution is -2.53. The number of aryl methyl sites for hydroxylation is 1. The number of carbonyl (C=O) groups is 2. The zero-order valence-corrected chi connectivity index (χ0v) is 13.0. The number of hydrogen-bond acceptors (Lipinski definition) is 5. The molecule has 0 saturated heterocycles. The van der Waals surface area contributed by atoms with Gasteiger partial charge in [-0.1, -0.05) is 24.6 Å². The molecule has 0 unspecified atom stereocenters. The van der Waals surface area contributed by atoms with Crippen LogP contribution in [0, 0.1) is 6.92 Å². The summed E-state index contributed by atoms with van der Waals surface area (Å²) in [5.41, 5.74) is -0.216. The van der Waals surface area contributed by atoms with Crippen LogP contribution >= 0.6 is 0 Å². The number of amides is 1. The summed E-state index contributed by atoms with van der Waals surface area (Å²) in [6.45, 7) is 5.48. The van der Waals surface area contributed by atoms with Crippen molar-refractivity contribution in [2.75, 3.05) is 6.61 Å². The highest BCUT2D eigenvalue weighted by atomic mass is 16.6. The van der Waals surface area contributed by atoms with Gasteiger partial charge in [-0.2, -0.15) is 10.1 Å². The van der Waals surface area contributed by atoms with Gasteiger partial charge in [-0.15, -0.1) is 0 Å². The molecule has 0 aromatic heterocycles. The van der Waals surface area contributed by atoms with E-state index in [9.17, 15) is 14.7 Å². The maximum Gasteiger partial charge on any atom is 0.362 e. The van der Waals surface area contributed by atoms with Crippen molar-refractivity contribution in [2.24, 2.45) is 5.10 Å². The molecule has 0 fully saturated rings. The average Bonchev–Trinajstić information content (AvgIpc) is 2.85. The molecule has 1 N–H and O–H groups in total. The summed E-state index contributed by atoms with van der Waals surface area (Å²) in [5, 5.41) is 15.6. The SMILES string of the molecule is CCOC(=O)[C@]1(O)CC(CC)=NN1C(=O)c1cccc(C)c1. The summed E-state index contributed by atoms with van der Waals surface area (Å²) in [6.07, 6.45) is 0.513. The number of hydrazone groups is 1. The van der Waals surface area contributed by atoms with Crippen LogP contribution < -0.4 is 0 Å². The summed E-state index contributed by atoms with van der Waals surface area (Å²) >= 11 is 0. The molecule has 1 aliphatic heterocycles. The van der Waals surface area contributed by atoms with E-state index in [0.29, 0.717) is 17.7 Å². The van der Waals surface area contributed by atoms with Crippen LogP contribution in [0.1, 0.15) is 42.6 Å². The minimum absolute atomic E-state index is 0.0279. The van der Waals surface area contributed by atoms with Crippen molar-refractivity contribution in [3.8, 4) is 0 Å². The molecule has 6 heteroatoms. The van der Waals surface area contributed by atoms with E-state index in [1.807, 2.05) is 19.9 Å². The van der Waals surface area contributed by atoms with Crippen molar-refractivity contribution in [3.05, 3.63) is 35.4 Å². The standard InChI is InChI=1S/C16H20N2O4/c1-4-13-10-16(21,15(20)22-5-2)18(17-13)14(19)12-8-6-7-11(3)9-12/h6-9,21H,4-5,10H2,1-3H3/t16-/m1/s1. The Hall–Kier alpha value is -2.21. The van der Waals surface area contributed by atoms with Gasteiger partial charge >= 0.3 is 5.97 Å². The number of esters is 1. The second kappa shape index (κ2) is 6.27. The van der Waals surface area contributed by atoms with E-state index < -0.39 is 17.6 Å². The summed E-state index contributed by atoms with van der Waals surface area (Å²) in [5.74, 6) is -1.38. The first-order valence-corrected chi connectivity index (χ1v) is 7.29. The molecule has 1 heterocycles. The molecule has 0 spiro atoms. The highest BCUT2D eigenvalue weighted by Crippen LogP contribution is 2.29. The first-order valence-electron chi connectivity index (χ1n) is 7.29. The molecule has 1 aromatic carbocycles. The fourth-order valence-corrected chi connectivity index (χ4v) is 2.33. The minimum Gasteiger partial charge on any atom is -0.462 e. The zero-order chi connectivity index (χ0) is 16.3. The Morgan fingerprint density at radius 2 is 2.14 bits per heavy atom. The molecule has 1 aliphatic rings. The van der Waals surface area contributed by atoms with Gasteiger partial charge in [0.2, 0.25) is 0 Å².